The average Bonchev–Trinajstić information content (AvgIpc) is 3.06. The number of hydrogen-bond donors (Lipinski definition) is 3. The maximum absolute atomic E-state index is 11.8. The molecule has 24 heavy (non-hydrogen) atoms. The second-order valence-electron chi connectivity index (χ2n) is 5.63. The van der Waals surface area contributed by atoms with Gasteiger partial charge >= 0.3 is 0 Å². The maximum Gasteiger partial charge on any atom is 0.239 e. The Morgan fingerprint density at radius 1 is 1.25 bits per heavy atom. The van der Waals surface area contributed by atoms with E-state index in [9.17, 15) is 9.59 Å². The molecule has 128 valence electrons. The van der Waals surface area contributed by atoms with Crippen LogP contribution in [0.15, 0.2) is 29.9 Å². The molecule has 2 heterocycles. The molecule has 7 nitrogen and oxygen atoms in total. The number of carbonyl (C=O) groups is 2. The van der Waals surface area contributed by atoms with Gasteiger partial charge in [-0.1, -0.05) is 13.8 Å². The summed E-state index contributed by atoms with van der Waals surface area (Å²) < 4.78 is 0. The number of aromatic nitrogens is 2. The van der Waals surface area contributed by atoms with Crippen molar-refractivity contribution in [3.8, 4) is 11.3 Å². The number of amides is 2. The third-order valence-corrected chi connectivity index (χ3v) is 4.26. The molecule has 0 spiro atoms. The predicted octanol–water partition coefficient (Wildman–Crippen LogP) is 0.921. The summed E-state index contributed by atoms with van der Waals surface area (Å²) in [6.07, 6.45) is 3.42. The first-order valence-electron chi connectivity index (χ1n) is 7.62. The van der Waals surface area contributed by atoms with Gasteiger partial charge in [0.25, 0.3) is 0 Å². The summed E-state index contributed by atoms with van der Waals surface area (Å²) in [5.74, 6) is -0.579. The molecule has 0 saturated carbocycles. The SMILES string of the molecule is CC(C)[C@H](N)C(=O)NCC(=O)NCc1nc(-c2ccncc2)cs1. The Kier molecular flexibility index (Phi) is 6.39. The third kappa shape index (κ3) is 5.10. The van der Waals surface area contributed by atoms with Gasteiger partial charge in [-0.05, 0) is 18.1 Å². The van der Waals surface area contributed by atoms with Crippen LogP contribution in [0.4, 0.5) is 0 Å². The number of hydrogen-bond acceptors (Lipinski definition) is 6. The molecule has 0 aromatic carbocycles. The number of pyridine rings is 1. The number of nitrogens with one attached hydrogen (secondary N) is 2. The topological polar surface area (TPSA) is 110 Å². The second-order valence-corrected chi connectivity index (χ2v) is 6.57. The van der Waals surface area contributed by atoms with E-state index in [1.54, 1.807) is 12.4 Å². The van der Waals surface area contributed by atoms with E-state index in [1.165, 1.54) is 11.3 Å². The predicted molar refractivity (Wildman–Crippen MR) is 93.0 cm³/mol. The number of nitrogens with two attached hydrogens (primary N) is 1. The van der Waals surface area contributed by atoms with Crippen molar-refractivity contribution in [2.75, 3.05) is 6.54 Å². The van der Waals surface area contributed by atoms with Gasteiger partial charge in [0.2, 0.25) is 11.8 Å². The lowest BCUT2D eigenvalue weighted by Crippen LogP contribution is -2.47. The van der Waals surface area contributed by atoms with Crippen LogP contribution in [0.5, 0.6) is 0 Å². The van der Waals surface area contributed by atoms with Gasteiger partial charge in [-0.25, -0.2) is 4.98 Å². The standard InChI is InChI=1S/C16H21N5O2S/c1-10(2)15(17)16(23)20-7-13(22)19-8-14-21-12(9-24-14)11-3-5-18-6-4-11/h3-6,9-10,15H,7-8,17H2,1-2H3,(H,19,22)(H,20,23)/t15-/m0/s1. The lowest BCUT2D eigenvalue weighted by Gasteiger charge is -2.14. The number of thiazole rings is 1. The summed E-state index contributed by atoms with van der Waals surface area (Å²) in [6.45, 7) is 3.93. The minimum atomic E-state index is -0.611. The molecule has 8 heteroatoms. The van der Waals surface area contributed by atoms with E-state index in [4.69, 9.17) is 5.73 Å². The zero-order chi connectivity index (χ0) is 17.5. The highest BCUT2D eigenvalue weighted by Gasteiger charge is 2.17. The van der Waals surface area contributed by atoms with Crippen LogP contribution in [-0.2, 0) is 16.1 Å². The van der Waals surface area contributed by atoms with Crippen molar-refractivity contribution in [2.45, 2.75) is 26.4 Å². The van der Waals surface area contributed by atoms with Crippen LogP contribution in [0.1, 0.15) is 18.9 Å². The van der Waals surface area contributed by atoms with E-state index < -0.39 is 6.04 Å². The molecule has 4 N–H and O–H groups in total. The highest BCUT2D eigenvalue weighted by Crippen LogP contribution is 2.20. The Morgan fingerprint density at radius 2 is 1.96 bits per heavy atom. The lowest BCUT2D eigenvalue weighted by molar-refractivity contribution is -0.127. The Labute approximate surface area is 144 Å². The maximum atomic E-state index is 11.8. The van der Waals surface area contributed by atoms with Crippen molar-refractivity contribution in [2.24, 2.45) is 11.7 Å². The minimum Gasteiger partial charge on any atom is -0.348 e. The number of carbonyl (C=O) groups excluding carboxylic acids is 2. The van der Waals surface area contributed by atoms with Crippen molar-refractivity contribution in [1.82, 2.24) is 20.6 Å². The molecule has 2 aromatic heterocycles. The largest absolute Gasteiger partial charge is 0.348 e. The summed E-state index contributed by atoms with van der Waals surface area (Å²) >= 11 is 1.47. The fraction of sp³-hybridized carbons (Fsp3) is 0.375. The van der Waals surface area contributed by atoms with E-state index in [0.29, 0.717) is 6.54 Å². The molecule has 0 aliphatic rings. The second kappa shape index (κ2) is 8.51. The van der Waals surface area contributed by atoms with E-state index in [1.807, 2.05) is 31.4 Å². The smallest absolute Gasteiger partial charge is 0.239 e. The van der Waals surface area contributed by atoms with Gasteiger partial charge in [0.1, 0.15) is 5.01 Å². The first kappa shape index (κ1) is 18.0. The first-order valence-corrected chi connectivity index (χ1v) is 8.50. The fourth-order valence-electron chi connectivity index (χ4n) is 1.87. The van der Waals surface area contributed by atoms with Crippen LogP contribution >= 0.6 is 11.3 Å². The molecular formula is C16H21N5O2S. The molecule has 0 aliphatic carbocycles. The van der Waals surface area contributed by atoms with E-state index in [-0.39, 0.29) is 24.3 Å². The van der Waals surface area contributed by atoms with Gasteiger partial charge in [-0.15, -0.1) is 11.3 Å². The Morgan fingerprint density at radius 3 is 2.62 bits per heavy atom. The summed E-state index contributed by atoms with van der Waals surface area (Å²) in [4.78, 5) is 31.9. The molecule has 0 saturated heterocycles. The summed E-state index contributed by atoms with van der Waals surface area (Å²) in [5, 5.41) is 7.98. The summed E-state index contributed by atoms with van der Waals surface area (Å²) in [6, 6.07) is 3.15. The molecule has 0 aliphatic heterocycles. The Balaban J connectivity index is 1.78. The quantitative estimate of drug-likeness (QED) is 0.690. The molecule has 0 bridgehead atoms. The normalized spacial score (nSPS) is 12.0. The van der Waals surface area contributed by atoms with Crippen molar-refractivity contribution < 1.29 is 9.59 Å². The van der Waals surface area contributed by atoms with Gasteiger partial charge in [0, 0.05) is 23.3 Å². The van der Waals surface area contributed by atoms with Crippen molar-refractivity contribution in [1.29, 1.82) is 0 Å². The lowest BCUT2D eigenvalue weighted by atomic mass is 10.1. The van der Waals surface area contributed by atoms with Crippen LogP contribution in [0.2, 0.25) is 0 Å². The van der Waals surface area contributed by atoms with Crippen molar-refractivity contribution in [3.63, 3.8) is 0 Å². The third-order valence-electron chi connectivity index (χ3n) is 3.41. The van der Waals surface area contributed by atoms with Crippen LogP contribution in [-0.4, -0.2) is 34.4 Å². The van der Waals surface area contributed by atoms with Crippen LogP contribution < -0.4 is 16.4 Å². The van der Waals surface area contributed by atoms with Gasteiger partial charge in [-0.2, -0.15) is 0 Å². The summed E-state index contributed by atoms with van der Waals surface area (Å²) in [5.41, 5.74) is 7.54. The average molecular weight is 347 g/mol. The number of rotatable bonds is 7. The van der Waals surface area contributed by atoms with Crippen LogP contribution in [0.25, 0.3) is 11.3 Å². The van der Waals surface area contributed by atoms with Crippen molar-refractivity contribution in [3.05, 3.63) is 34.9 Å². The number of nitrogens with zero attached hydrogens (tertiary/aromatic N) is 2. The summed E-state index contributed by atoms with van der Waals surface area (Å²) in [7, 11) is 0. The van der Waals surface area contributed by atoms with E-state index >= 15 is 0 Å². The molecule has 2 aromatic rings. The van der Waals surface area contributed by atoms with Crippen LogP contribution in [0.3, 0.4) is 0 Å². The van der Waals surface area contributed by atoms with Gasteiger partial charge in [0.05, 0.1) is 24.8 Å². The molecular weight excluding hydrogens is 326 g/mol. The molecule has 2 rings (SSSR count). The van der Waals surface area contributed by atoms with Gasteiger partial charge in [0.15, 0.2) is 0 Å². The minimum absolute atomic E-state index is 0.0231. The molecule has 1 atom stereocenters. The highest BCUT2D eigenvalue weighted by atomic mass is 32.1. The van der Waals surface area contributed by atoms with E-state index in [2.05, 4.69) is 20.6 Å². The Hall–Kier alpha value is -2.32. The highest BCUT2D eigenvalue weighted by molar-refractivity contribution is 7.09. The zero-order valence-corrected chi connectivity index (χ0v) is 14.5. The molecule has 0 unspecified atom stereocenters. The first-order chi connectivity index (χ1) is 11.5. The molecule has 2 amide bonds. The van der Waals surface area contributed by atoms with Gasteiger partial charge < -0.3 is 16.4 Å². The van der Waals surface area contributed by atoms with Crippen LogP contribution in [0, 0.1) is 5.92 Å². The Bertz CT molecular complexity index is 687. The molecule has 0 radical (unpaired) electrons. The van der Waals surface area contributed by atoms with Crippen molar-refractivity contribution >= 4 is 23.2 Å². The monoisotopic (exact) mass is 347 g/mol. The fourth-order valence-corrected chi connectivity index (χ4v) is 2.62. The molecule has 0 fully saturated rings. The van der Waals surface area contributed by atoms with Gasteiger partial charge in [-0.3, -0.25) is 14.6 Å². The van der Waals surface area contributed by atoms with E-state index in [0.717, 1.165) is 16.3 Å². The zero-order valence-electron chi connectivity index (χ0n) is 13.7.